The van der Waals surface area contributed by atoms with Crippen molar-refractivity contribution in [2.24, 2.45) is 5.73 Å². The SMILES string of the molecule is Cc1c(Cl)cnn1CCCC(C)(O)CN. The highest BCUT2D eigenvalue weighted by Gasteiger charge is 2.17. The van der Waals surface area contributed by atoms with Gasteiger partial charge in [-0.3, -0.25) is 4.68 Å². The molecule has 0 saturated heterocycles. The van der Waals surface area contributed by atoms with Gasteiger partial charge in [-0.2, -0.15) is 5.10 Å². The Bertz CT molecular complexity index is 322. The zero-order chi connectivity index (χ0) is 11.5. The summed E-state index contributed by atoms with van der Waals surface area (Å²) in [6, 6.07) is 0. The third kappa shape index (κ3) is 3.48. The maximum Gasteiger partial charge on any atom is 0.0814 e. The Hall–Kier alpha value is -0.580. The number of hydrogen-bond acceptors (Lipinski definition) is 3. The average Bonchev–Trinajstić information content (AvgIpc) is 2.49. The fourth-order valence-electron chi connectivity index (χ4n) is 1.36. The fourth-order valence-corrected chi connectivity index (χ4v) is 1.50. The predicted octanol–water partition coefficient (Wildman–Crippen LogP) is 1.33. The van der Waals surface area contributed by atoms with Crippen LogP contribution in [-0.4, -0.2) is 27.0 Å². The normalized spacial score (nSPS) is 15.3. The molecule has 0 aromatic carbocycles. The molecule has 0 aliphatic rings. The van der Waals surface area contributed by atoms with Crippen LogP contribution in [0, 0.1) is 6.92 Å². The second kappa shape index (κ2) is 4.96. The van der Waals surface area contributed by atoms with Crippen LogP contribution < -0.4 is 5.73 Å². The first-order valence-electron chi connectivity index (χ1n) is 5.06. The lowest BCUT2D eigenvalue weighted by molar-refractivity contribution is 0.0563. The summed E-state index contributed by atoms with van der Waals surface area (Å²) < 4.78 is 1.84. The molecule has 86 valence electrons. The Labute approximate surface area is 95.0 Å². The van der Waals surface area contributed by atoms with E-state index in [4.69, 9.17) is 17.3 Å². The van der Waals surface area contributed by atoms with Gasteiger partial charge in [-0.25, -0.2) is 0 Å². The number of aromatic nitrogens is 2. The summed E-state index contributed by atoms with van der Waals surface area (Å²) in [5.74, 6) is 0. The molecular weight excluding hydrogens is 214 g/mol. The van der Waals surface area contributed by atoms with Crippen LogP contribution in [0.1, 0.15) is 25.5 Å². The van der Waals surface area contributed by atoms with E-state index in [1.165, 1.54) is 0 Å². The number of nitrogens with zero attached hydrogens (tertiary/aromatic N) is 2. The van der Waals surface area contributed by atoms with Crippen molar-refractivity contribution in [3.63, 3.8) is 0 Å². The van der Waals surface area contributed by atoms with E-state index in [1.807, 2.05) is 11.6 Å². The molecule has 15 heavy (non-hydrogen) atoms. The number of halogens is 1. The second-order valence-corrected chi connectivity index (χ2v) is 4.51. The van der Waals surface area contributed by atoms with Gasteiger partial charge in [0, 0.05) is 13.1 Å². The van der Waals surface area contributed by atoms with Crippen LogP contribution in [0.4, 0.5) is 0 Å². The minimum Gasteiger partial charge on any atom is -0.389 e. The van der Waals surface area contributed by atoms with Gasteiger partial charge in [0.25, 0.3) is 0 Å². The lowest BCUT2D eigenvalue weighted by Crippen LogP contribution is -2.34. The van der Waals surface area contributed by atoms with Crippen LogP contribution in [0.5, 0.6) is 0 Å². The van der Waals surface area contributed by atoms with Crippen LogP contribution in [0.15, 0.2) is 6.20 Å². The highest BCUT2D eigenvalue weighted by molar-refractivity contribution is 6.31. The van der Waals surface area contributed by atoms with Crippen LogP contribution in [0.25, 0.3) is 0 Å². The Morgan fingerprint density at radius 3 is 2.80 bits per heavy atom. The largest absolute Gasteiger partial charge is 0.389 e. The van der Waals surface area contributed by atoms with Crippen molar-refractivity contribution in [1.82, 2.24) is 9.78 Å². The van der Waals surface area contributed by atoms with Crippen molar-refractivity contribution in [3.8, 4) is 0 Å². The molecule has 1 atom stereocenters. The highest BCUT2D eigenvalue weighted by Crippen LogP contribution is 2.15. The van der Waals surface area contributed by atoms with Gasteiger partial charge in [-0.05, 0) is 26.7 Å². The summed E-state index contributed by atoms with van der Waals surface area (Å²) in [4.78, 5) is 0. The van der Waals surface area contributed by atoms with Crippen LogP contribution in [0.3, 0.4) is 0 Å². The first kappa shape index (κ1) is 12.5. The minimum atomic E-state index is -0.773. The fraction of sp³-hybridized carbons (Fsp3) is 0.700. The van der Waals surface area contributed by atoms with E-state index < -0.39 is 5.60 Å². The number of rotatable bonds is 5. The number of aliphatic hydroxyl groups is 1. The summed E-state index contributed by atoms with van der Waals surface area (Å²) >= 11 is 5.87. The molecular formula is C10H18ClN3O. The zero-order valence-corrected chi connectivity index (χ0v) is 9.96. The molecule has 0 radical (unpaired) electrons. The molecule has 1 aromatic rings. The monoisotopic (exact) mass is 231 g/mol. The van der Waals surface area contributed by atoms with Crippen LogP contribution >= 0.6 is 11.6 Å². The van der Waals surface area contributed by atoms with E-state index in [-0.39, 0.29) is 6.54 Å². The quantitative estimate of drug-likeness (QED) is 0.804. The van der Waals surface area contributed by atoms with Gasteiger partial charge in [-0.1, -0.05) is 11.6 Å². The maximum absolute atomic E-state index is 9.69. The number of aryl methyl sites for hydroxylation is 1. The molecule has 1 rings (SSSR count). The molecule has 0 fully saturated rings. The molecule has 5 heteroatoms. The first-order chi connectivity index (χ1) is 6.96. The summed E-state index contributed by atoms with van der Waals surface area (Å²) in [5, 5.41) is 14.5. The molecule has 0 amide bonds. The lowest BCUT2D eigenvalue weighted by atomic mass is 10.0. The van der Waals surface area contributed by atoms with Gasteiger partial charge in [0.1, 0.15) is 0 Å². The Balaban J connectivity index is 2.42. The molecule has 0 aliphatic heterocycles. The molecule has 3 N–H and O–H groups in total. The van der Waals surface area contributed by atoms with Gasteiger partial charge in [0.05, 0.1) is 22.5 Å². The third-order valence-corrected chi connectivity index (χ3v) is 2.94. The number of nitrogens with two attached hydrogens (primary N) is 1. The lowest BCUT2D eigenvalue weighted by Gasteiger charge is -2.20. The van der Waals surface area contributed by atoms with E-state index in [2.05, 4.69) is 5.10 Å². The Morgan fingerprint density at radius 1 is 1.67 bits per heavy atom. The van der Waals surface area contributed by atoms with Crippen molar-refractivity contribution < 1.29 is 5.11 Å². The second-order valence-electron chi connectivity index (χ2n) is 4.11. The molecule has 1 unspecified atom stereocenters. The van der Waals surface area contributed by atoms with Crippen molar-refractivity contribution in [3.05, 3.63) is 16.9 Å². The van der Waals surface area contributed by atoms with E-state index in [9.17, 15) is 5.11 Å². The van der Waals surface area contributed by atoms with Gasteiger partial charge in [-0.15, -0.1) is 0 Å². The van der Waals surface area contributed by atoms with E-state index in [0.717, 1.165) is 18.7 Å². The van der Waals surface area contributed by atoms with Crippen LogP contribution in [0.2, 0.25) is 5.02 Å². The molecule has 0 aliphatic carbocycles. The summed E-state index contributed by atoms with van der Waals surface area (Å²) in [6.45, 7) is 4.72. The molecule has 0 spiro atoms. The van der Waals surface area contributed by atoms with Gasteiger partial charge < -0.3 is 10.8 Å². The molecule has 1 aromatic heterocycles. The molecule has 4 nitrogen and oxygen atoms in total. The topological polar surface area (TPSA) is 64.1 Å². The first-order valence-corrected chi connectivity index (χ1v) is 5.44. The zero-order valence-electron chi connectivity index (χ0n) is 9.20. The van der Waals surface area contributed by atoms with Crippen molar-refractivity contribution in [1.29, 1.82) is 0 Å². The van der Waals surface area contributed by atoms with Crippen molar-refractivity contribution in [2.45, 2.75) is 38.8 Å². The molecule has 0 saturated carbocycles. The minimum absolute atomic E-state index is 0.284. The smallest absolute Gasteiger partial charge is 0.0814 e. The summed E-state index contributed by atoms with van der Waals surface area (Å²) in [7, 11) is 0. The van der Waals surface area contributed by atoms with Gasteiger partial charge >= 0.3 is 0 Å². The van der Waals surface area contributed by atoms with Crippen molar-refractivity contribution >= 4 is 11.6 Å². The van der Waals surface area contributed by atoms with Gasteiger partial charge in [0.2, 0.25) is 0 Å². The standard InChI is InChI=1S/C10H18ClN3O/c1-8-9(11)6-13-14(8)5-3-4-10(2,15)7-12/h6,15H,3-5,7,12H2,1-2H3. The van der Waals surface area contributed by atoms with Crippen LogP contribution in [-0.2, 0) is 6.54 Å². The number of hydrogen-bond donors (Lipinski definition) is 2. The molecule has 1 heterocycles. The highest BCUT2D eigenvalue weighted by atomic mass is 35.5. The summed E-state index contributed by atoms with van der Waals surface area (Å²) in [5.41, 5.74) is 5.62. The predicted molar refractivity (Wildman–Crippen MR) is 60.9 cm³/mol. The Kier molecular flexibility index (Phi) is 4.13. The summed E-state index contributed by atoms with van der Waals surface area (Å²) in [6.07, 6.45) is 3.14. The molecule has 0 bridgehead atoms. The van der Waals surface area contributed by atoms with E-state index in [0.29, 0.717) is 11.4 Å². The van der Waals surface area contributed by atoms with Gasteiger partial charge in [0.15, 0.2) is 0 Å². The maximum atomic E-state index is 9.69. The van der Waals surface area contributed by atoms with E-state index >= 15 is 0 Å². The van der Waals surface area contributed by atoms with Crippen molar-refractivity contribution in [2.75, 3.05) is 6.54 Å². The van der Waals surface area contributed by atoms with E-state index in [1.54, 1.807) is 13.1 Å². The Morgan fingerprint density at radius 2 is 2.33 bits per heavy atom. The third-order valence-electron chi connectivity index (χ3n) is 2.57. The average molecular weight is 232 g/mol.